The summed E-state index contributed by atoms with van der Waals surface area (Å²) in [5.41, 5.74) is 2.51. The fourth-order valence-electron chi connectivity index (χ4n) is 3.07. The number of nitrogens with one attached hydrogen (secondary N) is 1. The normalized spacial score (nSPS) is 23.8. The fourth-order valence-corrected chi connectivity index (χ4v) is 14.8. The molecule has 1 saturated heterocycles. The van der Waals surface area contributed by atoms with E-state index in [9.17, 15) is 9.59 Å². The second-order valence-corrected chi connectivity index (χ2v) is 14.2. The summed E-state index contributed by atoms with van der Waals surface area (Å²) in [7, 11) is 0. The Hall–Kier alpha value is -0.940. The molecule has 5 heteroatoms. The van der Waals surface area contributed by atoms with Gasteiger partial charge in [-0.15, -0.1) is 0 Å². The summed E-state index contributed by atoms with van der Waals surface area (Å²) in [6, 6.07) is 6.34. The Kier molecular flexibility index (Phi) is 2.15. The number of benzene rings is 1. The van der Waals surface area contributed by atoms with Crippen molar-refractivity contribution in [3.8, 4) is 0 Å². The van der Waals surface area contributed by atoms with E-state index in [-0.39, 0.29) is 11.1 Å². The molecule has 0 saturated carbocycles. The number of hydrogen-bond donors (Lipinski definition) is 1. The molecule has 1 fully saturated rings. The Balaban J connectivity index is 2.01. The van der Waals surface area contributed by atoms with Gasteiger partial charge in [-0.2, -0.15) is 0 Å². The number of allylic oxidation sites excluding steroid dienone is 1. The van der Waals surface area contributed by atoms with Crippen LogP contribution in [-0.2, 0) is 4.79 Å². The Labute approximate surface area is 116 Å². The zero-order valence-corrected chi connectivity index (χ0v) is 13.7. The molecule has 3 heterocycles. The van der Waals surface area contributed by atoms with Crippen molar-refractivity contribution in [2.45, 2.75) is 6.92 Å². The van der Waals surface area contributed by atoms with Crippen molar-refractivity contribution in [2.24, 2.45) is 0 Å². The van der Waals surface area contributed by atoms with E-state index >= 15 is 0 Å². The number of carbonyl (C=O) groups excluding carboxylic acids is 2. The minimum absolute atomic E-state index is 0.204. The Morgan fingerprint density at radius 3 is 2.78 bits per heavy atom. The van der Waals surface area contributed by atoms with Crippen LogP contribution >= 0.6 is 11.8 Å². The third-order valence-electron chi connectivity index (χ3n) is 3.72. The van der Waals surface area contributed by atoms with Crippen LogP contribution in [0.4, 0.5) is 4.79 Å². The van der Waals surface area contributed by atoms with Gasteiger partial charge in [-0.3, -0.25) is 0 Å². The Bertz CT molecular complexity index is 705. The Morgan fingerprint density at radius 1 is 1.28 bits per heavy atom. The number of hydrogen-bond acceptors (Lipinski definition) is 3. The van der Waals surface area contributed by atoms with Crippen molar-refractivity contribution in [3.05, 3.63) is 37.6 Å². The van der Waals surface area contributed by atoms with Crippen molar-refractivity contribution in [3.63, 3.8) is 0 Å². The quantitative estimate of drug-likeness (QED) is 0.718. The first-order valence-electron chi connectivity index (χ1n) is 5.75. The molecule has 0 spiro atoms. The van der Waals surface area contributed by atoms with Gasteiger partial charge in [-0.05, 0) is 0 Å². The molecule has 4 bridgehead atoms. The first kappa shape index (κ1) is 10.9. The van der Waals surface area contributed by atoms with E-state index in [4.69, 9.17) is 0 Å². The fraction of sp³-hybridized carbons (Fsp3) is 0.0769. The minimum atomic E-state index is -2.19. The van der Waals surface area contributed by atoms with E-state index < -0.39 is 21.4 Å². The van der Waals surface area contributed by atoms with Crippen molar-refractivity contribution in [2.75, 3.05) is 0 Å². The van der Waals surface area contributed by atoms with Crippen LogP contribution in [0.5, 0.6) is 0 Å². The SMILES string of the molecule is C[C]1=Cc2c3ccc[c]2[In]1/[C]3=C1\SC(=O)NC1=O. The predicted molar refractivity (Wildman–Crippen MR) is 73.5 cm³/mol. The van der Waals surface area contributed by atoms with Crippen LogP contribution in [0.15, 0.2) is 26.4 Å². The molecule has 3 aliphatic heterocycles. The van der Waals surface area contributed by atoms with Gasteiger partial charge < -0.3 is 0 Å². The van der Waals surface area contributed by atoms with Gasteiger partial charge in [-0.25, -0.2) is 0 Å². The van der Waals surface area contributed by atoms with Gasteiger partial charge in [0.1, 0.15) is 0 Å². The number of imide groups is 1. The molecule has 0 aromatic heterocycles. The van der Waals surface area contributed by atoms with E-state index in [1.165, 1.54) is 21.1 Å². The zero-order chi connectivity index (χ0) is 12.4. The van der Waals surface area contributed by atoms with Crippen LogP contribution in [0.2, 0.25) is 0 Å². The Morgan fingerprint density at radius 2 is 2.11 bits per heavy atom. The van der Waals surface area contributed by atoms with Gasteiger partial charge in [0.05, 0.1) is 0 Å². The van der Waals surface area contributed by atoms with Gasteiger partial charge in [0, 0.05) is 0 Å². The molecule has 0 atom stereocenters. The van der Waals surface area contributed by atoms with Crippen LogP contribution in [0.25, 0.3) is 9.41 Å². The predicted octanol–water partition coefficient (Wildman–Crippen LogP) is 1.59. The van der Waals surface area contributed by atoms with Crippen LogP contribution in [0.1, 0.15) is 18.1 Å². The second-order valence-electron chi connectivity index (χ2n) is 4.72. The van der Waals surface area contributed by atoms with Crippen molar-refractivity contribution in [1.29, 1.82) is 0 Å². The first-order chi connectivity index (χ1) is 8.66. The molecule has 2 amide bonds. The molecule has 0 unspecified atom stereocenters. The monoisotopic (exact) mass is 357 g/mol. The summed E-state index contributed by atoms with van der Waals surface area (Å²) in [5.74, 6) is -0.204. The van der Waals surface area contributed by atoms with Crippen LogP contribution in [0, 0.1) is 0 Å². The van der Waals surface area contributed by atoms with Crippen LogP contribution in [0.3, 0.4) is 0 Å². The molecule has 1 aromatic rings. The van der Waals surface area contributed by atoms with Gasteiger partial charge in [0.15, 0.2) is 0 Å². The summed E-state index contributed by atoms with van der Waals surface area (Å²) in [6.07, 6.45) is 2.27. The number of thioether (sulfide) groups is 1. The summed E-state index contributed by atoms with van der Waals surface area (Å²) >= 11 is -1.12. The molecule has 0 radical (unpaired) electrons. The summed E-state index contributed by atoms with van der Waals surface area (Å²) in [4.78, 5) is 23.9. The summed E-state index contributed by atoms with van der Waals surface area (Å²) < 4.78 is 4.16. The molecule has 86 valence electrons. The van der Waals surface area contributed by atoms with Gasteiger partial charge >= 0.3 is 116 Å². The first-order valence-corrected chi connectivity index (χ1v) is 11.5. The van der Waals surface area contributed by atoms with Gasteiger partial charge in [0.2, 0.25) is 0 Å². The second kappa shape index (κ2) is 3.54. The molecule has 1 aromatic carbocycles. The van der Waals surface area contributed by atoms with Crippen molar-refractivity contribution >= 4 is 57.1 Å². The maximum atomic E-state index is 11.9. The molecule has 3 nitrogen and oxygen atoms in total. The van der Waals surface area contributed by atoms with E-state index in [1.807, 2.05) is 0 Å². The molecule has 4 rings (SSSR count). The third kappa shape index (κ3) is 1.24. The van der Waals surface area contributed by atoms with Gasteiger partial charge in [-0.1, -0.05) is 0 Å². The van der Waals surface area contributed by atoms with E-state index in [0.29, 0.717) is 4.91 Å². The van der Waals surface area contributed by atoms with Crippen molar-refractivity contribution in [1.82, 2.24) is 5.32 Å². The topological polar surface area (TPSA) is 46.2 Å². The molecular weight excluding hydrogens is 349 g/mol. The molecule has 0 aliphatic carbocycles. The van der Waals surface area contributed by atoms with E-state index in [2.05, 4.69) is 36.5 Å². The molecule has 1 N–H and O–H groups in total. The average molecular weight is 357 g/mol. The van der Waals surface area contributed by atoms with Crippen LogP contribution < -0.4 is 8.64 Å². The van der Waals surface area contributed by atoms with E-state index in [1.54, 1.807) is 0 Å². The molecule has 18 heavy (non-hydrogen) atoms. The number of amides is 2. The zero-order valence-electron chi connectivity index (χ0n) is 9.61. The van der Waals surface area contributed by atoms with Crippen molar-refractivity contribution < 1.29 is 9.59 Å². The number of carbonyl (C=O) groups is 2. The third-order valence-corrected chi connectivity index (χ3v) is 14.9. The van der Waals surface area contributed by atoms with E-state index in [0.717, 1.165) is 11.8 Å². The standard InChI is InChI=1S/C13H8NO2S.In/c1-2-5-9-6-3-4-7-10(9)8-11-12(15)14-13(16)17-11;/h3-5,7H,1H3,(H,14,15,16);. The van der Waals surface area contributed by atoms with Crippen LogP contribution in [-0.4, -0.2) is 32.6 Å². The molecule has 3 aliphatic rings. The summed E-state index contributed by atoms with van der Waals surface area (Å²) in [6.45, 7) is 2.17. The average Bonchev–Trinajstić information content (AvgIpc) is 2.87. The summed E-state index contributed by atoms with van der Waals surface area (Å²) in [5, 5.41) is 2.13. The molecular formula is C13H8InNO2S. The number of rotatable bonds is 0. The maximum absolute atomic E-state index is 11.9. The van der Waals surface area contributed by atoms with Gasteiger partial charge in [0.25, 0.3) is 0 Å².